The van der Waals surface area contributed by atoms with Gasteiger partial charge in [-0.1, -0.05) is 28.9 Å². The van der Waals surface area contributed by atoms with Crippen molar-refractivity contribution in [3.05, 3.63) is 41.1 Å². The van der Waals surface area contributed by atoms with Gasteiger partial charge in [-0.15, -0.1) is 0 Å². The third-order valence-corrected chi connectivity index (χ3v) is 3.98. The Kier molecular flexibility index (Phi) is 3.94. The molecule has 0 spiro atoms. The molecule has 6 heteroatoms. The third-order valence-electron chi connectivity index (χ3n) is 3.74. The summed E-state index contributed by atoms with van der Waals surface area (Å²) in [6.45, 7) is 1.75. The quantitative estimate of drug-likeness (QED) is 0.946. The van der Waals surface area contributed by atoms with E-state index >= 15 is 0 Å². The minimum Gasteiger partial charge on any atom is -0.350 e. The van der Waals surface area contributed by atoms with Gasteiger partial charge in [-0.2, -0.15) is 0 Å². The summed E-state index contributed by atoms with van der Waals surface area (Å²) in [6, 6.07) is 9.16. The lowest BCUT2D eigenvalue weighted by Crippen LogP contribution is -2.38. The van der Waals surface area contributed by atoms with Crippen LogP contribution in [0.2, 0.25) is 5.02 Å². The number of nitrogens with one attached hydrogen (secondary N) is 1. The Hall–Kier alpha value is -1.85. The summed E-state index contributed by atoms with van der Waals surface area (Å²) in [5.41, 5.74) is 1.44. The Bertz CT molecular complexity index is 650. The van der Waals surface area contributed by atoms with Crippen LogP contribution < -0.4 is 5.32 Å². The highest BCUT2D eigenvalue weighted by atomic mass is 35.5. The van der Waals surface area contributed by atoms with Crippen LogP contribution in [0.4, 0.5) is 0 Å². The standard InChI is InChI=1S/C15H16ClN3O2/c1-19(12-5-6-17-9-12)15(20)14-8-13(18-21-14)10-3-2-4-11(16)7-10/h2-4,7-8,12,17H,5-6,9H2,1H3. The van der Waals surface area contributed by atoms with Crippen molar-refractivity contribution in [1.82, 2.24) is 15.4 Å². The topological polar surface area (TPSA) is 58.4 Å². The first-order valence-corrected chi connectivity index (χ1v) is 7.23. The molecule has 1 aromatic carbocycles. The zero-order valence-electron chi connectivity index (χ0n) is 11.7. The van der Waals surface area contributed by atoms with E-state index < -0.39 is 0 Å². The van der Waals surface area contributed by atoms with Gasteiger partial charge in [0.05, 0.1) is 0 Å². The molecule has 1 aromatic heterocycles. The maximum atomic E-state index is 12.4. The fraction of sp³-hybridized carbons (Fsp3) is 0.333. The van der Waals surface area contributed by atoms with Crippen molar-refractivity contribution in [3.8, 4) is 11.3 Å². The van der Waals surface area contributed by atoms with E-state index in [0.717, 1.165) is 25.1 Å². The van der Waals surface area contributed by atoms with Crippen LogP contribution in [-0.2, 0) is 0 Å². The van der Waals surface area contributed by atoms with E-state index in [-0.39, 0.29) is 17.7 Å². The van der Waals surface area contributed by atoms with Gasteiger partial charge in [0.2, 0.25) is 5.76 Å². The number of likely N-dealkylation sites (N-methyl/N-ethyl adjacent to an activating group) is 1. The molecule has 21 heavy (non-hydrogen) atoms. The smallest absolute Gasteiger partial charge is 0.292 e. The van der Waals surface area contributed by atoms with Gasteiger partial charge in [0, 0.05) is 36.3 Å². The van der Waals surface area contributed by atoms with E-state index in [4.69, 9.17) is 16.1 Å². The van der Waals surface area contributed by atoms with E-state index in [9.17, 15) is 4.79 Å². The second-order valence-corrected chi connectivity index (χ2v) is 5.59. The molecule has 110 valence electrons. The van der Waals surface area contributed by atoms with E-state index in [0.29, 0.717) is 10.7 Å². The van der Waals surface area contributed by atoms with Crippen LogP contribution in [0.25, 0.3) is 11.3 Å². The third kappa shape index (κ3) is 2.94. The lowest BCUT2D eigenvalue weighted by atomic mass is 10.1. The summed E-state index contributed by atoms with van der Waals surface area (Å²) in [7, 11) is 1.79. The van der Waals surface area contributed by atoms with Crippen LogP contribution in [0, 0.1) is 0 Å². The molecule has 1 aliphatic rings. The van der Waals surface area contributed by atoms with Gasteiger partial charge in [0.25, 0.3) is 5.91 Å². The minimum atomic E-state index is -0.149. The molecule has 0 bridgehead atoms. The van der Waals surface area contributed by atoms with Crippen LogP contribution in [0.1, 0.15) is 17.0 Å². The Morgan fingerprint density at radius 3 is 3.05 bits per heavy atom. The zero-order chi connectivity index (χ0) is 14.8. The molecular weight excluding hydrogens is 290 g/mol. The molecule has 0 saturated carbocycles. The largest absolute Gasteiger partial charge is 0.350 e. The molecule has 1 unspecified atom stereocenters. The fourth-order valence-electron chi connectivity index (χ4n) is 2.47. The SMILES string of the molecule is CN(C(=O)c1cc(-c2cccc(Cl)c2)no1)C1CCNC1. The van der Waals surface area contributed by atoms with Crippen LogP contribution in [0.15, 0.2) is 34.9 Å². The van der Waals surface area contributed by atoms with E-state index in [1.54, 1.807) is 30.1 Å². The van der Waals surface area contributed by atoms with Crippen LogP contribution in [0.3, 0.4) is 0 Å². The predicted molar refractivity (Wildman–Crippen MR) is 80.3 cm³/mol. The minimum absolute atomic E-state index is 0.149. The second-order valence-electron chi connectivity index (χ2n) is 5.15. The first-order valence-electron chi connectivity index (χ1n) is 6.85. The molecule has 1 amide bonds. The zero-order valence-corrected chi connectivity index (χ0v) is 12.4. The van der Waals surface area contributed by atoms with Gasteiger partial charge in [-0.05, 0) is 25.1 Å². The van der Waals surface area contributed by atoms with Crippen molar-refractivity contribution < 1.29 is 9.32 Å². The molecule has 0 radical (unpaired) electrons. The number of benzene rings is 1. The molecular formula is C15H16ClN3O2. The summed E-state index contributed by atoms with van der Waals surface area (Å²) in [4.78, 5) is 14.1. The monoisotopic (exact) mass is 305 g/mol. The molecule has 3 rings (SSSR count). The fourth-order valence-corrected chi connectivity index (χ4v) is 2.66. The number of aromatic nitrogens is 1. The van der Waals surface area contributed by atoms with Crippen LogP contribution in [0.5, 0.6) is 0 Å². The number of carbonyl (C=O) groups excluding carboxylic acids is 1. The van der Waals surface area contributed by atoms with Gasteiger partial charge in [0.1, 0.15) is 5.69 Å². The highest BCUT2D eigenvalue weighted by molar-refractivity contribution is 6.30. The van der Waals surface area contributed by atoms with Crippen LogP contribution >= 0.6 is 11.6 Å². The summed E-state index contributed by atoms with van der Waals surface area (Å²) in [6.07, 6.45) is 0.956. The Balaban J connectivity index is 1.79. The summed E-state index contributed by atoms with van der Waals surface area (Å²) in [5.74, 6) is 0.101. The molecule has 1 atom stereocenters. The Morgan fingerprint density at radius 1 is 1.48 bits per heavy atom. The van der Waals surface area contributed by atoms with Crippen molar-refractivity contribution in [1.29, 1.82) is 0 Å². The maximum absolute atomic E-state index is 12.4. The van der Waals surface area contributed by atoms with Crippen molar-refractivity contribution in [2.45, 2.75) is 12.5 Å². The predicted octanol–water partition coefficient (Wildman–Crippen LogP) is 2.43. The molecule has 2 heterocycles. The number of rotatable bonds is 3. The van der Waals surface area contributed by atoms with Gasteiger partial charge in [-0.3, -0.25) is 4.79 Å². The average molecular weight is 306 g/mol. The highest BCUT2D eigenvalue weighted by Gasteiger charge is 2.26. The Morgan fingerprint density at radius 2 is 2.33 bits per heavy atom. The highest BCUT2D eigenvalue weighted by Crippen LogP contribution is 2.23. The van der Waals surface area contributed by atoms with Gasteiger partial charge in [-0.25, -0.2) is 0 Å². The summed E-state index contributed by atoms with van der Waals surface area (Å²) < 4.78 is 5.20. The second kappa shape index (κ2) is 5.87. The number of nitrogens with zero attached hydrogens (tertiary/aromatic N) is 2. The lowest BCUT2D eigenvalue weighted by molar-refractivity contribution is 0.0702. The molecule has 1 aliphatic heterocycles. The van der Waals surface area contributed by atoms with E-state index in [2.05, 4.69) is 10.5 Å². The molecule has 0 aliphatic carbocycles. The number of carbonyl (C=O) groups is 1. The number of hydrogen-bond donors (Lipinski definition) is 1. The molecule has 1 N–H and O–H groups in total. The van der Waals surface area contributed by atoms with Gasteiger partial charge in [0.15, 0.2) is 0 Å². The molecule has 2 aromatic rings. The molecule has 1 fully saturated rings. The average Bonchev–Trinajstić information content (AvgIpc) is 3.17. The number of hydrogen-bond acceptors (Lipinski definition) is 4. The van der Waals surface area contributed by atoms with Crippen molar-refractivity contribution >= 4 is 17.5 Å². The van der Waals surface area contributed by atoms with Crippen molar-refractivity contribution in [2.24, 2.45) is 0 Å². The maximum Gasteiger partial charge on any atom is 0.292 e. The van der Waals surface area contributed by atoms with Crippen LogP contribution in [-0.4, -0.2) is 42.1 Å². The first kappa shape index (κ1) is 14.1. The number of amides is 1. The first-order chi connectivity index (χ1) is 10.1. The summed E-state index contributed by atoms with van der Waals surface area (Å²) in [5, 5.41) is 7.83. The van der Waals surface area contributed by atoms with Crippen molar-refractivity contribution in [3.63, 3.8) is 0 Å². The number of halogens is 1. The molecule has 5 nitrogen and oxygen atoms in total. The van der Waals surface area contributed by atoms with Crippen molar-refractivity contribution in [2.75, 3.05) is 20.1 Å². The van der Waals surface area contributed by atoms with Gasteiger partial charge < -0.3 is 14.7 Å². The Labute approximate surface area is 127 Å². The molecule has 1 saturated heterocycles. The summed E-state index contributed by atoms with van der Waals surface area (Å²) >= 11 is 5.96. The normalized spacial score (nSPS) is 17.9. The van der Waals surface area contributed by atoms with E-state index in [1.165, 1.54) is 0 Å². The van der Waals surface area contributed by atoms with E-state index in [1.807, 2.05) is 12.1 Å². The lowest BCUT2D eigenvalue weighted by Gasteiger charge is -2.22. The van der Waals surface area contributed by atoms with Gasteiger partial charge >= 0.3 is 0 Å².